The molecule has 7 nitrogen and oxygen atoms in total. The summed E-state index contributed by atoms with van der Waals surface area (Å²) in [5, 5.41) is 0. The van der Waals surface area contributed by atoms with Gasteiger partial charge in [0.15, 0.2) is 0 Å². The second-order valence-corrected chi connectivity index (χ2v) is 7.94. The van der Waals surface area contributed by atoms with Crippen molar-refractivity contribution in [1.82, 2.24) is 15.0 Å². The zero-order valence-corrected chi connectivity index (χ0v) is 18.0. The molecule has 1 N–H and O–H groups in total. The summed E-state index contributed by atoms with van der Waals surface area (Å²) in [6.07, 6.45) is 5.52. The molecule has 2 aromatic heterocycles. The Morgan fingerprint density at radius 3 is 2.58 bits per heavy atom. The van der Waals surface area contributed by atoms with Gasteiger partial charge in [0.1, 0.15) is 11.6 Å². The van der Waals surface area contributed by atoms with Crippen LogP contribution in [0.15, 0.2) is 53.6 Å². The van der Waals surface area contributed by atoms with Gasteiger partial charge in [0, 0.05) is 40.9 Å². The van der Waals surface area contributed by atoms with Crippen molar-refractivity contribution in [3.63, 3.8) is 0 Å². The van der Waals surface area contributed by atoms with Crippen molar-refractivity contribution >= 4 is 11.6 Å². The minimum Gasteiger partial charge on any atom is -0.497 e. The van der Waals surface area contributed by atoms with E-state index in [2.05, 4.69) is 21.9 Å². The molecule has 0 spiro atoms. The van der Waals surface area contributed by atoms with E-state index in [1.165, 1.54) is 0 Å². The SMILES string of the molecule is COc1ccc(N(C(=O)Cc2c(C)nc(-c3cccnc3)[nH]c2=O)C(C)C2CC2)cc1. The smallest absolute Gasteiger partial charge is 0.255 e. The lowest BCUT2D eigenvalue weighted by Gasteiger charge is -2.30. The Morgan fingerprint density at radius 1 is 1.26 bits per heavy atom. The van der Waals surface area contributed by atoms with E-state index in [1.807, 2.05) is 35.2 Å². The summed E-state index contributed by atoms with van der Waals surface area (Å²) in [5.74, 6) is 1.55. The number of carbonyl (C=O) groups excluding carboxylic acids is 1. The van der Waals surface area contributed by atoms with Crippen molar-refractivity contribution in [2.45, 2.75) is 39.2 Å². The van der Waals surface area contributed by atoms with Gasteiger partial charge in [-0.05, 0) is 69.0 Å². The fourth-order valence-electron chi connectivity index (χ4n) is 3.83. The number of carbonyl (C=O) groups is 1. The Morgan fingerprint density at radius 2 is 2.00 bits per heavy atom. The topological polar surface area (TPSA) is 88.2 Å². The highest BCUT2D eigenvalue weighted by atomic mass is 16.5. The molecule has 1 fully saturated rings. The van der Waals surface area contributed by atoms with E-state index < -0.39 is 0 Å². The van der Waals surface area contributed by atoms with Crippen LogP contribution in [0.4, 0.5) is 5.69 Å². The van der Waals surface area contributed by atoms with E-state index in [-0.39, 0.29) is 23.9 Å². The zero-order chi connectivity index (χ0) is 22.0. The van der Waals surface area contributed by atoms with Gasteiger partial charge in [-0.15, -0.1) is 0 Å². The highest BCUT2D eigenvalue weighted by Crippen LogP contribution is 2.37. The first-order chi connectivity index (χ1) is 15.0. The van der Waals surface area contributed by atoms with Gasteiger partial charge in [0.2, 0.25) is 5.91 Å². The average Bonchev–Trinajstić information content (AvgIpc) is 3.63. The molecule has 1 aliphatic carbocycles. The van der Waals surface area contributed by atoms with Gasteiger partial charge >= 0.3 is 0 Å². The fraction of sp³-hybridized carbons (Fsp3) is 0.333. The van der Waals surface area contributed by atoms with Crippen molar-refractivity contribution < 1.29 is 9.53 Å². The third kappa shape index (κ3) is 4.50. The van der Waals surface area contributed by atoms with Crippen LogP contribution in [0.1, 0.15) is 31.0 Å². The molecule has 160 valence electrons. The van der Waals surface area contributed by atoms with Crippen molar-refractivity contribution in [2.24, 2.45) is 5.92 Å². The molecule has 3 aromatic rings. The van der Waals surface area contributed by atoms with E-state index in [0.717, 1.165) is 29.8 Å². The number of amides is 1. The lowest BCUT2D eigenvalue weighted by molar-refractivity contribution is -0.118. The molecule has 0 bridgehead atoms. The Labute approximate surface area is 181 Å². The monoisotopic (exact) mass is 418 g/mol. The second kappa shape index (κ2) is 8.71. The highest BCUT2D eigenvalue weighted by molar-refractivity contribution is 5.95. The largest absolute Gasteiger partial charge is 0.497 e. The van der Waals surface area contributed by atoms with Crippen LogP contribution in [0.25, 0.3) is 11.4 Å². The predicted molar refractivity (Wildman–Crippen MR) is 119 cm³/mol. The van der Waals surface area contributed by atoms with E-state index in [0.29, 0.717) is 23.0 Å². The summed E-state index contributed by atoms with van der Waals surface area (Å²) in [4.78, 5) is 39.4. The number of hydrogen-bond donors (Lipinski definition) is 1. The molecule has 31 heavy (non-hydrogen) atoms. The average molecular weight is 418 g/mol. The van der Waals surface area contributed by atoms with E-state index in [1.54, 1.807) is 32.5 Å². The number of nitrogens with one attached hydrogen (secondary N) is 1. The molecule has 1 aliphatic rings. The number of methoxy groups -OCH3 is 1. The quantitative estimate of drug-likeness (QED) is 0.634. The second-order valence-electron chi connectivity index (χ2n) is 7.94. The first-order valence-electron chi connectivity index (χ1n) is 10.4. The minimum atomic E-state index is -0.298. The number of ether oxygens (including phenoxy) is 1. The lowest BCUT2D eigenvalue weighted by Crippen LogP contribution is -2.42. The Hall–Kier alpha value is -3.48. The molecule has 2 heterocycles. The molecule has 0 saturated heterocycles. The zero-order valence-electron chi connectivity index (χ0n) is 18.0. The van der Waals surface area contributed by atoms with E-state index in [4.69, 9.17) is 4.74 Å². The van der Waals surface area contributed by atoms with Crippen molar-refractivity contribution in [1.29, 1.82) is 0 Å². The summed E-state index contributed by atoms with van der Waals surface area (Å²) in [5.41, 5.74) is 2.17. The molecule has 1 saturated carbocycles. The number of anilines is 1. The molecule has 7 heteroatoms. The van der Waals surface area contributed by atoms with Gasteiger partial charge in [-0.3, -0.25) is 14.6 Å². The normalized spacial score (nSPS) is 14.2. The summed E-state index contributed by atoms with van der Waals surface area (Å²) < 4.78 is 5.24. The van der Waals surface area contributed by atoms with Crippen LogP contribution in [0.2, 0.25) is 0 Å². The first kappa shape index (κ1) is 20.8. The van der Waals surface area contributed by atoms with E-state index >= 15 is 0 Å². The maximum Gasteiger partial charge on any atom is 0.255 e. The third-order valence-electron chi connectivity index (χ3n) is 5.82. The van der Waals surface area contributed by atoms with Crippen LogP contribution in [-0.4, -0.2) is 34.0 Å². The number of H-pyrrole nitrogens is 1. The van der Waals surface area contributed by atoms with Gasteiger partial charge in [0.25, 0.3) is 5.56 Å². The molecule has 1 amide bonds. The number of aromatic amines is 1. The maximum absolute atomic E-state index is 13.4. The highest BCUT2D eigenvalue weighted by Gasteiger charge is 2.35. The number of hydrogen-bond acceptors (Lipinski definition) is 5. The van der Waals surface area contributed by atoms with Crippen LogP contribution < -0.4 is 15.2 Å². The van der Waals surface area contributed by atoms with Crippen LogP contribution >= 0.6 is 0 Å². The van der Waals surface area contributed by atoms with Crippen molar-refractivity contribution in [3.8, 4) is 17.1 Å². The van der Waals surface area contributed by atoms with Gasteiger partial charge in [-0.1, -0.05) is 0 Å². The molecule has 1 unspecified atom stereocenters. The standard InChI is InChI=1S/C24H26N4O3/c1-15-21(24(30)27-23(26-15)18-5-4-12-25-14-18)13-22(29)28(16(2)17-6-7-17)19-8-10-20(31-3)11-9-19/h4-5,8-12,14,16-17H,6-7,13H2,1-3H3,(H,26,27,30). The van der Waals surface area contributed by atoms with Crippen LogP contribution in [0.5, 0.6) is 5.75 Å². The molecular weight excluding hydrogens is 392 g/mol. The fourth-order valence-corrected chi connectivity index (χ4v) is 3.83. The summed E-state index contributed by atoms with van der Waals surface area (Å²) in [6.45, 7) is 3.83. The number of rotatable bonds is 7. The Bertz CT molecular complexity index is 1120. The number of pyridine rings is 1. The van der Waals surface area contributed by atoms with Gasteiger partial charge in [-0.25, -0.2) is 4.98 Å². The van der Waals surface area contributed by atoms with Crippen LogP contribution in [0, 0.1) is 12.8 Å². The predicted octanol–water partition coefficient (Wildman–Crippen LogP) is 3.52. The molecular formula is C24H26N4O3. The summed E-state index contributed by atoms with van der Waals surface area (Å²) in [7, 11) is 1.61. The van der Waals surface area contributed by atoms with Crippen LogP contribution in [0.3, 0.4) is 0 Å². The van der Waals surface area contributed by atoms with Crippen LogP contribution in [-0.2, 0) is 11.2 Å². The van der Waals surface area contributed by atoms with Crippen molar-refractivity contribution in [2.75, 3.05) is 12.0 Å². The van der Waals surface area contributed by atoms with Gasteiger partial charge in [-0.2, -0.15) is 0 Å². The molecule has 0 aliphatic heterocycles. The first-order valence-corrected chi connectivity index (χ1v) is 10.4. The summed E-state index contributed by atoms with van der Waals surface area (Å²) >= 11 is 0. The maximum atomic E-state index is 13.4. The summed E-state index contributed by atoms with van der Waals surface area (Å²) in [6, 6.07) is 11.1. The molecule has 4 rings (SSSR count). The number of aryl methyl sites for hydroxylation is 1. The van der Waals surface area contributed by atoms with E-state index in [9.17, 15) is 9.59 Å². The number of benzene rings is 1. The molecule has 1 atom stereocenters. The minimum absolute atomic E-state index is 0.00935. The lowest BCUT2D eigenvalue weighted by atomic mass is 10.1. The van der Waals surface area contributed by atoms with Gasteiger partial charge < -0.3 is 14.6 Å². The Balaban J connectivity index is 1.63. The molecule has 1 aromatic carbocycles. The number of nitrogens with zero attached hydrogens (tertiary/aromatic N) is 3. The molecule has 0 radical (unpaired) electrons. The van der Waals surface area contributed by atoms with Crippen molar-refractivity contribution in [3.05, 3.63) is 70.4 Å². The number of aromatic nitrogens is 3. The Kier molecular flexibility index (Phi) is 5.84. The third-order valence-corrected chi connectivity index (χ3v) is 5.82. The van der Waals surface area contributed by atoms with Gasteiger partial charge in [0.05, 0.1) is 13.5 Å².